The Labute approximate surface area is 77.5 Å². The lowest BCUT2D eigenvalue weighted by Crippen LogP contribution is -2.01. The van der Waals surface area contributed by atoms with Gasteiger partial charge in [-0.15, -0.1) is 0 Å². The summed E-state index contributed by atoms with van der Waals surface area (Å²) in [6.07, 6.45) is 0. The number of carbonyl (C=O) groups excluding carboxylic acids is 1. The summed E-state index contributed by atoms with van der Waals surface area (Å²) < 4.78 is 5.09. The number of nitrogens with two attached hydrogens (primary N) is 1. The minimum atomic E-state index is 0.0239. The summed E-state index contributed by atoms with van der Waals surface area (Å²) in [4.78, 5) is 11.1. The molecule has 1 aromatic rings. The summed E-state index contributed by atoms with van der Waals surface area (Å²) in [7, 11) is 1.54. The molecule has 3 nitrogen and oxygen atoms in total. The van der Waals surface area contributed by atoms with Crippen LogP contribution in [0.3, 0.4) is 0 Å². The van der Waals surface area contributed by atoms with Crippen molar-refractivity contribution < 1.29 is 9.53 Å². The molecule has 1 aromatic carbocycles. The van der Waals surface area contributed by atoms with Gasteiger partial charge in [0.2, 0.25) is 0 Å². The number of hydrogen-bond donors (Lipinski definition) is 1. The highest BCUT2D eigenvalue weighted by atomic mass is 16.5. The lowest BCUT2D eigenvalue weighted by atomic mass is 10.0. The zero-order valence-electron chi connectivity index (χ0n) is 8.05. The maximum Gasteiger partial charge on any atom is 0.160 e. The standard InChI is InChI=1S/C10H13NO2/c1-6-8(7(2)12)4-5-9(11)10(6)13-3/h4-5H,11H2,1-3H3. The van der Waals surface area contributed by atoms with Gasteiger partial charge in [0.15, 0.2) is 5.78 Å². The van der Waals surface area contributed by atoms with E-state index in [9.17, 15) is 4.79 Å². The number of benzene rings is 1. The summed E-state index contributed by atoms with van der Waals surface area (Å²) in [5.74, 6) is 0.614. The molecule has 0 spiro atoms. The van der Waals surface area contributed by atoms with Gasteiger partial charge in [0.1, 0.15) is 5.75 Å². The smallest absolute Gasteiger partial charge is 0.160 e. The Balaban J connectivity index is 3.35. The van der Waals surface area contributed by atoms with Gasteiger partial charge in [0.05, 0.1) is 12.8 Å². The van der Waals surface area contributed by atoms with Gasteiger partial charge in [-0.3, -0.25) is 4.79 Å². The monoisotopic (exact) mass is 179 g/mol. The molecule has 0 saturated carbocycles. The molecule has 0 amide bonds. The van der Waals surface area contributed by atoms with Crippen LogP contribution in [0.4, 0.5) is 5.69 Å². The average molecular weight is 179 g/mol. The number of rotatable bonds is 2. The van der Waals surface area contributed by atoms with Crippen molar-refractivity contribution >= 4 is 11.5 Å². The summed E-state index contributed by atoms with van der Waals surface area (Å²) in [6.45, 7) is 3.35. The zero-order chi connectivity index (χ0) is 10.0. The minimum Gasteiger partial charge on any atom is -0.494 e. The predicted octanol–water partition coefficient (Wildman–Crippen LogP) is 1.79. The number of nitrogen functional groups attached to an aromatic ring is 1. The first-order valence-electron chi connectivity index (χ1n) is 4.02. The van der Waals surface area contributed by atoms with Crippen LogP contribution >= 0.6 is 0 Å². The third-order valence-electron chi connectivity index (χ3n) is 2.02. The van der Waals surface area contributed by atoms with Gasteiger partial charge >= 0.3 is 0 Å². The quantitative estimate of drug-likeness (QED) is 0.556. The number of ether oxygens (including phenoxy) is 1. The van der Waals surface area contributed by atoms with E-state index in [4.69, 9.17) is 10.5 Å². The highest BCUT2D eigenvalue weighted by Gasteiger charge is 2.10. The van der Waals surface area contributed by atoms with Crippen molar-refractivity contribution in [2.45, 2.75) is 13.8 Å². The van der Waals surface area contributed by atoms with E-state index in [-0.39, 0.29) is 5.78 Å². The average Bonchev–Trinajstić information content (AvgIpc) is 2.04. The molecule has 0 aromatic heterocycles. The van der Waals surface area contributed by atoms with E-state index in [1.807, 2.05) is 6.92 Å². The molecular weight excluding hydrogens is 166 g/mol. The fraction of sp³-hybridized carbons (Fsp3) is 0.300. The highest BCUT2D eigenvalue weighted by molar-refractivity contribution is 5.96. The van der Waals surface area contributed by atoms with Crippen LogP contribution in [0.5, 0.6) is 5.75 Å². The number of hydrogen-bond acceptors (Lipinski definition) is 3. The zero-order valence-corrected chi connectivity index (χ0v) is 8.05. The number of ketones is 1. The Bertz CT molecular complexity index is 345. The van der Waals surface area contributed by atoms with Gasteiger partial charge in [0.25, 0.3) is 0 Å². The number of anilines is 1. The third kappa shape index (κ3) is 1.64. The van der Waals surface area contributed by atoms with Crippen LogP contribution < -0.4 is 10.5 Å². The molecule has 0 aliphatic carbocycles. The molecule has 0 radical (unpaired) electrons. The van der Waals surface area contributed by atoms with Crippen LogP contribution in [0.15, 0.2) is 12.1 Å². The highest BCUT2D eigenvalue weighted by Crippen LogP contribution is 2.28. The van der Waals surface area contributed by atoms with Crippen molar-refractivity contribution in [1.82, 2.24) is 0 Å². The Morgan fingerprint density at radius 2 is 2.08 bits per heavy atom. The maximum atomic E-state index is 11.1. The summed E-state index contributed by atoms with van der Waals surface area (Å²) in [5.41, 5.74) is 7.68. The normalized spacial score (nSPS) is 9.77. The van der Waals surface area contributed by atoms with E-state index in [2.05, 4.69) is 0 Å². The summed E-state index contributed by atoms with van der Waals surface area (Å²) in [5, 5.41) is 0. The largest absolute Gasteiger partial charge is 0.494 e. The molecule has 0 atom stereocenters. The second-order valence-corrected chi connectivity index (χ2v) is 2.92. The Hall–Kier alpha value is -1.51. The molecule has 13 heavy (non-hydrogen) atoms. The van der Waals surface area contributed by atoms with E-state index < -0.39 is 0 Å². The van der Waals surface area contributed by atoms with Crippen LogP contribution in [0, 0.1) is 6.92 Å². The second kappa shape index (κ2) is 3.47. The molecule has 3 heteroatoms. The molecule has 0 saturated heterocycles. The van der Waals surface area contributed by atoms with Gasteiger partial charge in [-0.1, -0.05) is 0 Å². The van der Waals surface area contributed by atoms with E-state index in [0.717, 1.165) is 5.56 Å². The van der Waals surface area contributed by atoms with E-state index in [1.165, 1.54) is 6.92 Å². The van der Waals surface area contributed by atoms with Crippen LogP contribution in [0.25, 0.3) is 0 Å². The number of carbonyl (C=O) groups is 1. The molecule has 0 heterocycles. The van der Waals surface area contributed by atoms with Crippen molar-refractivity contribution in [3.63, 3.8) is 0 Å². The molecule has 0 aliphatic rings. The molecule has 0 aliphatic heterocycles. The molecule has 1 rings (SSSR count). The Morgan fingerprint density at radius 1 is 1.46 bits per heavy atom. The van der Waals surface area contributed by atoms with Gasteiger partial charge in [-0.05, 0) is 26.0 Å². The first-order chi connectivity index (χ1) is 6.07. The van der Waals surface area contributed by atoms with Gasteiger partial charge < -0.3 is 10.5 Å². The topological polar surface area (TPSA) is 52.3 Å². The first kappa shape index (κ1) is 9.58. The van der Waals surface area contributed by atoms with E-state index >= 15 is 0 Å². The fourth-order valence-corrected chi connectivity index (χ4v) is 1.36. The minimum absolute atomic E-state index is 0.0239. The Morgan fingerprint density at radius 3 is 2.54 bits per heavy atom. The third-order valence-corrected chi connectivity index (χ3v) is 2.02. The number of methoxy groups -OCH3 is 1. The van der Waals surface area contributed by atoms with Gasteiger partial charge in [0, 0.05) is 11.1 Å². The van der Waals surface area contributed by atoms with Crippen molar-refractivity contribution in [1.29, 1.82) is 0 Å². The molecule has 0 fully saturated rings. The van der Waals surface area contributed by atoms with Crippen molar-refractivity contribution in [2.75, 3.05) is 12.8 Å². The lowest BCUT2D eigenvalue weighted by molar-refractivity contribution is 0.101. The maximum absolute atomic E-state index is 11.1. The van der Waals surface area contributed by atoms with Gasteiger partial charge in [-0.2, -0.15) is 0 Å². The molecule has 70 valence electrons. The van der Waals surface area contributed by atoms with Crippen molar-refractivity contribution in [3.8, 4) is 5.75 Å². The van der Waals surface area contributed by atoms with E-state index in [1.54, 1.807) is 19.2 Å². The SMILES string of the molecule is COc1c(N)ccc(C(C)=O)c1C. The molecule has 2 N–H and O–H groups in total. The van der Waals surface area contributed by atoms with Crippen LogP contribution in [0.1, 0.15) is 22.8 Å². The van der Waals surface area contributed by atoms with Crippen LogP contribution in [0.2, 0.25) is 0 Å². The van der Waals surface area contributed by atoms with Gasteiger partial charge in [-0.25, -0.2) is 0 Å². The van der Waals surface area contributed by atoms with E-state index in [0.29, 0.717) is 17.0 Å². The fourth-order valence-electron chi connectivity index (χ4n) is 1.36. The van der Waals surface area contributed by atoms with Crippen LogP contribution in [-0.2, 0) is 0 Å². The van der Waals surface area contributed by atoms with Crippen molar-refractivity contribution in [2.24, 2.45) is 0 Å². The lowest BCUT2D eigenvalue weighted by Gasteiger charge is -2.10. The second-order valence-electron chi connectivity index (χ2n) is 2.92. The predicted molar refractivity (Wildman–Crippen MR) is 52.1 cm³/mol. The van der Waals surface area contributed by atoms with Crippen molar-refractivity contribution in [3.05, 3.63) is 23.3 Å². The van der Waals surface area contributed by atoms with Crippen LogP contribution in [-0.4, -0.2) is 12.9 Å². The summed E-state index contributed by atoms with van der Waals surface area (Å²) >= 11 is 0. The number of Topliss-reactive ketones (excluding diaryl/α,β-unsaturated/α-hetero) is 1. The molecular formula is C10H13NO2. The molecule has 0 unspecified atom stereocenters. The molecule has 0 bridgehead atoms. The summed E-state index contributed by atoms with van der Waals surface area (Å²) in [6, 6.07) is 3.40. The Kier molecular flexibility index (Phi) is 2.56. The first-order valence-corrected chi connectivity index (χ1v) is 4.02.